The highest BCUT2D eigenvalue weighted by Crippen LogP contribution is 2.22. The van der Waals surface area contributed by atoms with Crippen LogP contribution in [0.4, 0.5) is 0 Å². The second kappa shape index (κ2) is 19.7. The van der Waals surface area contributed by atoms with E-state index in [4.69, 9.17) is 9.47 Å². The van der Waals surface area contributed by atoms with Gasteiger partial charge in [-0.15, -0.1) is 5.10 Å². The Kier molecular flexibility index (Phi) is 14.1. The van der Waals surface area contributed by atoms with E-state index in [2.05, 4.69) is 31.6 Å². The summed E-state index contributed by atoms with van der Waals surface area (Å²) in [5.41, 5.74) is 2.80. The number of nitrogens with one attached hydrogen (secondary N) is 4. The van der Waals surface area contributed by atoms with Crippen LogP contribution in [0.5, 0.6) is 11.5 Å². The molecule has 306 valence electrons. The predicted octanol–water partition coefficient (Wildman–Crippen LogP) is 1.81. The molecule has 58 heavy (non-hydrogen) atoms. The molecule has 16 nitrogen and oxygen atoms in total. The Bertz CT molecular complexity index is 2020. The third-order valence-electron chi connectivity index (χ3n) is 10.3. The van der Waals surface area contributed by atoms with Gasteiger partial charge in [0.05, 0.1) is 18.8 Å². The van der Waals surface area contributed by atoms with Crippen molar-refractivity contribution in [3.05, 3.63) is 107 Å². The Hall–Kier alpha value is -6.29. The van der Waals surface area contributed by atoms with Crippen molar-refractivity contribution < 1.29 is 38.6 Å². The molecule has 1 fully saturated rings. The fraction of sp³-hybridized carbons (Fsp3) is 0.405. The lowest BCUT2D eigenvalue weighted by Crippen LogP contribution is -2.58. The Morgan fingerprint density at radius 2 is 1.57 bits per heavy atom. The smallest absolute Gasteiger partial charge is 0.326 e. The molecule has 0 unspecified atom stereocenters. The average molecular weight is 795 g/mol. The second-order valence-corrected chi connectivity index (χ2v) is 14.6. The Balaban J connectivity index is 1.27. The van der Waals surface area contributed by atoms with Crippen LogP contribution in [0.2, 0.25) is 0 Å². The molecule has 5 atom stereocenters. The van der Waals surface area contributed by atoms with Crippen molar-refractivity contribution in [3.8, 4) is 11.5 Å². The van der Waals surface area contributed by atoms with Crippen molar-refractivity contribution in [2.75, 3.05) is 20.2 Å². The molecule has 1 aromatic heterocycles. The number of likely N-dealkylation sites (N-methyl/N-ethyl adjacent to an activating group) is 1. The van der Waals surface area contributed by atoms with E-state index < -0.39 is 53.9 Å². The first kappa shape index (κ1) is 41.3. The molecule has 0 spiro atoms. The fourth-order valence-corrected chi connectivity index (χ4v) is 6.93. The summed E-state index contributed by atoms with van der Waals surface area (Å²) < 4.78 is 13.6. The summed E-state index contributed by atoms with van der Waals surface area (Å²) in [6.45, 7) is 3.11. The van der Waals surface area contributed by atoms with Gasteiger partial charge >= 0.3 is 5.97 Å². The number of rotatable bonds is 6. The molecule has 4 amide bonds. The van der Waals surface area contributed by atoms with Gasteiger partial charge in [0.2, 0.25) is 23.6 Å². The zero-order chi connectivity index (χ0) is 41.0. The minimum Gasteiger partial charge on any atom is -0.494 e. The number of aliphatic carboxylic acids is 1. The lowest BCUT2D eigenvalue weighted by atomic mass is 10.0. The number of ether oxygens (including phenoxy) is 2. The molecular weight excluding hydrogens is 745 g/mol. The van der Waals surface area contributed by atoms with Gasteiger partial charge in [-0.2, -0.15) is 0 Å². The monoisotopic (exact) mass is 794 g/mol. The van der Waals surface area contributed by atoms with Crippen LogP contribution >= 0.6 is 0 Å². The van der Waals surface area contributed by atoms with Crippen LogP contribution in [0.25, 0.3) is 0 Å². The van der Waals surface area contributed by atoms with E-state index in [0.717, 1.165) is 11.1 Å². The van der Waals surface area contributed by atoms with Crippen molar-refractivity contribution in [2.45, 2.75) is 88.8 Å². The lowest BCUT2D eigenvalue weighted by Gasteiger charge is -2.30. The summed E-state index contributed by atoms with van der Waals surface area (Å²) in [6.07, 6.45) is 3.52. The molecule has 0 saturated carbocycles. The van der Waals surface area contributed by atoms with Crippen LogP contribution in [0.3, 0.4) is 0 Å². The molecule has 0 aliphatic carbocycles. The third-order valence-corrected chi connectivity index (χ3v) is 10.3. The number of hydrogen-bond donors (Lipinski definition) is 5. The lowest BCUT2D eigenvalue weighted by molar-refractivity contribution is -0.143. The number of nitrogens with zero attached hydrogens (tertiary/aromatic N) is 4. The number of benzene rings is 3. The van der Waals surface area contributed by atoms with Crippen LogP contribution in [0.15, 0.2) is 85.1 Å². The maximum absolute atomic E-state index is 14.3. The van der Waals surface area contributed by atoms with Crippen LogP contribution < -0.4 is 30.7 Å². The van der Waals surface area contributed by atoms with Gasteiger partial charge in [-0.1, -0.05) is 59.8 Å². The molecule has 5 aliphatic rings. The number of aromatic nitrogens is 3. The average Bonchev–Trinajstić information content (AvgIpc) is 3.92. The van der Waals surface area contributed by atoms with Gasteiger partial charge < -0.3 is 40.7 Å². The van der Waals surface area contributed by atoms with Gasteiger partial charge in [-0.3, -0.25) is 23.9 Å². The SMILES string of the molecule is CN[C@@H](C)C(=O)N[C@@H]1Cc2ccc(cc2)OCc2cn(nn2)CCCOc2ccc(cc2)C[C@@H](C(=O)O)NC(=O)[C@@H](Cc2ccccc2)NC(=O)[C@H]2CCCN2C1=O. The summed E-state index contributed by atoms with van der Waals surface area (Å²) in [4.78, 5) is 69.4. The zero-order valence-corrected chi connectivity index (χ0v) is 32.6. The number of carboxylic acids is 1. The third kappa shape index (κ3) is 11.2. The van der Waals surface area contributed by atoms with Crippen molar-refractivity contribution in [1.82, 2.24) is 41.2 Å². The first-order chi connectivity index (χ1) is 28.1. The summed E-state index contributed by atoms with van der Waals surface area (Å²) in [7, 11) is 1.64. The molecule has 1 saturated heterocycles. The van der Waals surface area contributed by atoms with Gasteiger partial charge in [0.1, 0.15) is 48.0 Å². The molecule has 4 aromatic rings. The summed E-state index contributed by atoms with van der Waals surface area (Å²) in [6, 6.07) is 18.3. The van der Waals surface area contributed by atoms with Gasteiger partial charge in [-0.25, -0.2) is 4.79 Å². The van der Waals surface area contributed by atoms with E-state index in [1.807, 2.05) is 42.5 Å². The van der Waals surface area contributed by atoms with Crippen LogP contribution in [0, 0.1) is 0 Å². The zero-order valence-electron chi connectivity index (χ0n) is 32.6. The van der Waals surface area contributed by atoms with E-state index in [-0.39, 0.29) is 38.3 Å². The first-order valence-electron chi connectivity index (χ1n) is 19.5. The highest BCUT2D eigenvalue weighted by atomic mass is 16.5. The standard InChI is InChI=1S/C42H50N8O8/c1-27(43-2)38(51)45-35-23-29-13-17-33(18-14-29)58-26-31-25-49(48-47-31)19-7-21-57-32-15-11-30(12-16-32)24-36(42(55)56)46-39(52)34(22-28-8-4-3-5-9-28)44-40(53)37-10-6-20-50(37)41(35)54/h3-5,8-9,11-18,25,27,34-37,43H,6-7,10,19-24,26H2,1-2H3,(H,44,53)(H,45,51)(H,46,52)(H,55,56)/t27-,34+,35+,36-,37+/m0/s1. The van der Waals surface area contributed by atoms with Crippen molar-refractivity contribution in [1.29, 1.82) is 0 Å². The number of carbonyl (C=O) groups is 5. The molecule has 3 aromatic carbocycles. The molecule has 16 heteroatoms. The molecular formula is C42H50N8O8. The second-order valence-electron chi connectivity index (χ2n) is 14.6. The predicted molar refractivity (Wildman–Crippen MR) is 212 cm³/mol. The summed E-state index contributed by atoms with van der Waals surface area (Å²) in [5.74, 6) is -2.10. The number of hydrogen-bond acceptors (Lipinski definition) is 10. The number of amides is 4. The number of carboxylic acid groups (broad SMARTS) is 1. The first-order valence-corrected chi connectivity index (χ1v) is 19.5. The Morgan fingerprint density at radius 3 is 2.26 bits per heavy atom. The Morgan fingerprint density at radius 1 is 0.879 bits per heavy atom. The number of carbonyl (C=O) groups excluding carboxylic acids is 4. The van der Waals surface area contributed by atoms with Crippen LogP contribution in [0.1, 0.15) is 48.6 Å². The van der Waals surface area contributed by atoms with Gasteiger partial charge in [0.25, 0.3) is 0 Å². The fourth-order valence-electron chi connectivity index (χ4n) is 6.93. The quantitative estimate of drug-likeness (QED) is 0.190. The van der Waals surface area contributed by atoms with Gasteiger partial charge in [0, 0.05) is 38.8 Å². The molecule has 0 radical (unpaired) electrons. The van der Waals surface area contributed by atoms with Crippen molar-refractivity contribution in [2.24, 2.45) is 0 Å². The molecule has 6 bridgehead atoms. The largest absolute Gasteiger partial charge is 0.494 e. The minimum atomic E-state index is -1.30. The van der Waals surface area contributed by atoms with Gasteiger partial charge in [-0.05, 0) is 67.8 Å². The molecule has 5 N–H and O–H groups in total. The molecule has 5 aliphatic heterocycles. The van der Waals surface area contributed by atoms with E-state index in [0.29, 0.717) is 55.2 Å². The summed E-state index contributed by atoms with van der Waals surface area (Å²) >= 11 is 0. The minimum absolute atomic E-state index is 0.0154. The van der Waals surface area contributed by atoms with Crippen molar-refractivity contribution in [3.63, 3.8) is 0 Å². The maximum atomic E-state index is 14.3. The topological polar surface area (TPSA) is 206 Å². The highest BCUT2D eigenvalue weighted by Gasteiger charge is 2.39. The maximum Gasteiger partial charge on any atom is 0.326 e. The Labute approximate surface area is 336 Å². The van der Waals surface area contributed by atoms with Crippen LogP contribution in [-0.4, -0.2) is 105 Å². The van der Waals surface area contributed by atoms with E-state index in [1.54, 1.807) is 61.2 Å². The van der Waals surface area contributed by atoms with Crippen molar-refractivity contribution >= 4 is 29.6 Å². The normalized spacial score (nSPS) is 21.6. The molecule has 9 rings (SSSR count). The van der Waals surface area contributed by atoms with E-state index >= 15 is 0 Å². The van der Waals surface area contributed by atoms with Crippen LogP contribution in [-0.2, 0) is 56.4 Å². The number of aryl methyl sites for hydroxylation is 1. The van der Waals surface area contributed by atoms with Gasteiger partial charge in [0.15, 0.2) is 0 Å². The van der Waals surface area contributed by atoms with E-state index in [9.17, 15) is 29.1 Å². The highest BCUT2D eigenvalue weighted by molar-refractivity contribution is 5.96. The summed E-state index contributed by atoms with van der Waals surface area (Å²) in [5, 5.41) is 29.8. The van der Waals surface area contributed by atoms with E-state index in [1.165, 1.54) is 4.90 Å². The molecule has 6 heterocycles.